The summed E-state index contributed by atoms with van der Waals surface area (Å²) in [5.41, 5.74) is -0.156. The number of aliphatic hydroxyl groups is 1. The van der Waals surface area contributed by atoms with E-state index in [9.17, 15) is 14.7 Å². The van der Waals surface area contributed by atoms with E-state index in [1.807, 2.05) is 4.90 Å². The number of likely N-dealkylation sites (tertiary alicyclic amines) is 1. The standard InChI is InChI=1S/C16H28N2O4/c1-2-16(11-19)8-3-9-18(10-16)15(22)17-13-6-4-12(5-7-13)14(20)21/h12-13,19H,2-11H2,1H3,(H,17,22)(H,20,21). The Morgan fingerprint density at radius 3 is 2.50 bits per heavy atom. The lowest BCUT2D eigenvalue weighted by Gasteiger charge is -2.42. The number of hydrogen-bond acceptors (Lipinski definition) is 3. The molecule has 2 rings (SSSR count). The number of aliphatic carboxylic acids is 1. The van der Waals surface area contributed by atoms with Crippen LogP contribution >= 0.6 is 0 Å². The summed E-state index contributed by atoms with van der Waals surface area (Å²) in [6.07, 6.45) is 5.49. The Morgan fingerprint density at radius 2 is 1.95 bits per heavy atom. The minimum atomic E-state index is -0.725. The van der Waals surface area contributed by atoms with Crippen LogP contribution < -0.4 is 5.32 Å². The van der Waals surface area contributed by atoms with Crippen molar-refractivity contribution in [1.29, 1.82) is 0 Å². The van der Waals surface area contributed by atoms with Gasteiger partial charge in [-0.1, -0.05) is 6.92 Å². The maximum Gasteiger partial charge on any atom is 0.317 e. The fourth-order valence-electron chi connectivity index (χ4n) is 3.66. The molecule has 0 bridgehead atoms. The SMILES string of the molecule is CCC1(CO)CCCN(C(=O)NC2CCC(C(=O)O)CC2)C1. The Kier molecular flexibility index (Phi) is 5.67. The van der Waals surface area contributed by atoms with Crippen molar-refractivity contribution in [3.63, 3.8) is 0 Å². The van der Waals surface area contributed by atoms with E-state index in [2.05, 4.69) is 12.2 Å². The first-order valence-electron chi connectivity index (χ1n) is 8.39. The lowest BCUT2D eigenvalue weighted by Crippen LogP contribution is -2.53. The van der Waals surface area contributed by atoms with Gasteiger partial charge >= 0.3 is 12.0 Å². The van der Waals surface area contributed by atoms with Gasteiger partial charge in [0.15, 0.2) is 0 Å². The van der Waals surface area contributed by atoms with Gasteiger partial charge in [0.05, 0.1) is 12.5 Å². The molecule has 1 heterocycles. The molecule has 2 aliphatic rings. The monoisotopic (exact) mass is 312 g/mol. The highest BCUT2D eigenvalue weighted by atomic mass is 16.4. The molecule has 0 aromatic rings. The Morgan fingerprint density at radius 1 is 1.27 bits per heavy atom. The average Bonchev–Trinajstić information content (AvgIpc) is 2.55. The summed E-state index contributed by atoms with van der Waals surface area (Å²) in [5.74, 6) is -0.984. The fraction of sp³-hybridized carbons (Fsp3) is 0.875. The number of hydrogen-bond donors (Lipinski definition) is 3. The van der Waals surface area contributed by atoms with Crippen molar-refractivity contribution in [3.05, 3.63) is 0 Å². The summed E-state index contributed by atoms with van der Waals surface area (Å²) >= 11 is 0. The molecule has 0 aromatic carbocycles. The predicted molar refractivity (Wildman–Crippen MR) is 82.5 cm³/mol. The largest absolute Gasteiger partial charge is 0.481 e. The molecule has 6 heteroatoms. The summed E-state index contributed by atoms with van der Waals surface area (Å²) in [6.45, 7) is 3.52. The van der Waals surface area contributed by atoms with Crippen molar-refractivity contribution >= 4 is 12.0 Å². The van der Waals surface area contributed by atoms with Gasteiger partial charge in [0.2, 0.25) is 0 Å². The van der Waals surface area contributed by atoms with E-state index in [1.165, 1.54) is 0 Å². The third-order valence-electron chi connectivity index (χ3n) is 5.44. The lowest BCUT2D eigenvalue weighted by molar-refractivity contribution is -0.142. The molecule has 1 saturated heterocycles. The van der Waals surface area contributed by atoms with Crippen molar-refractivity contribution in [2.75, 3.05) is 19.7 Å². The van der Waals surface area contributed by atoms with Gasteiger partial charge in [-0.05, 0) is 44.9 Å². The van der Waals surface area contributed by atoms with Crippen LogP contribution in [-0.4, -0.2) is 52.9 Å². The molecular weight excluding hydrogens is 284 g/mol. The molecule has 1 aliphatic carbocycles. The molecule has 1 unspecified atom stereocenters. The minimum Gasteiger partial charge on any atom is -0.481 e. The lowest BCUT2D eigenvalue weighted by atomic mass is 9.78. The number of carbonyl (C=O) groups excluding carboxylic acids is 1. The first-order valence-corrected chi connectivity index (χ1v) is 8.39. The molecule has 22 heavy (non-hydrogen) atoms. The van der Waals surface area contributed by atoms with Crippen molar-refractivity contribution in [2.24, 2.45) is 11.3 Å². The summed E-state index contributed by atoms with van der Waals surface area (Å²) in [7, 11) is 0. The molecule has 0 spiro atoms. The Bertz CT molecular complexity index is 401. The molecule has 1 atom stereocenters. The number of nitrogens with zero attached hydrogens (tertiary/aromatic N) is 1. The van der Waals surface area contributed by atoms with Crippen LogP contribution in [0.2, 0.25) is 0 Å². The number of carbonyl (C=O) groups is 2. The van der Waals surface area contributed by atoms with Crippen LogP contribution in [0.25, 0.3) is 0 Å². The molecule has 6 nitrogen and oxygen atoms in total. The smallest absolute Gasteiger partial charge is 0.317 e. The van der Waals surface area contributed by atoms with Gasteiger partial charge < -0.3 is 20.4 Å². The van der Waals surface area contributed by atoms with E-state index in [1.54, 1.807) is 0 Å². The number of aliphatic hydroxyl groups excluding tert-OH is 1. The van der Waals surface area contributed by atoms with E-state index in [0.717, 1.165) is 38.6 Å². The molecule has 1 saturated carbocycles. The number of amides is 2. The Labute approximate surface area is 131 Å². The van der Waals surface area contributed by atoms with Crippen LogP contribution in [0.1, 0.15) is 51.9 Å². The molecule has 2 fully saturated rings. The van der Waals surface area contributed by atoms with Gasteiger partial charge in [0.25, 0.3) is 0 Å². The zero-order valence-electron chi connectivity index (χ0n) is 13.4. The number of piperidine rings is 1. The first kappa shape index (κ1) is 17.1. The number of rotatable bonds is 4. The fourth-order valence-corrected chi connectivity index (χ4v) is 3.66. The Balaban J connectivity index is 1.84. The van der Waals surface area contributed by atoms with E-state index < -0.39 is 5.97 Å². The van der Waals surface area contributed by atoms with E-state index in [0.29, 0.717) is 19.4 Å². The van der Waals surface area contributed by atoms with Crippen molar-refractivity contribution in [3.8, 4) is 0 Å². The predicted octanol–water partition coefficient (Wildman–Crippen LogP) is 1.82. The topological polar surface area (TPSA) is 89.9 Å². The quantitative estimate of drug-likeness (QED) is 0.738. The van der Waals surface area contributed by atoms with Gasteiger partial charge in [-0.3, -0.25) is 4.79 Å². The first-order chi connectivity index (χ1) is 10.5. The molecule has 0 aromatic heterocycles. The second kappa shape index (κ2) is 7.31. The number of carboxylic acid groups (broad SMARTS) is 1. The van der Waals surface area contributed by atoms with E-state index in [4.69, 9.17) is 5.11 Å². The zero-order chi connectivity index (χ0) is 16.2. The van der Waals surface area contributed by atoms with E-state index in [-0.39, 0.29) is 30.0 Å². The number of nitrogens with one attached hydrogen (secondary N) is 1. The van der Waals surface area contributed by atoms with Crippen molar-refractivity contribution in [1.82, 2.24) is 10.2 Å². The summed E-state index contributed by atoms with van der Waals surface area (Å²) < 4.78 is 0. The zero-order valence-corrected chi connectivity index (χ0v) is 13.4. The molecule has 3 N–H and O–H groups in total. The number of urea groups is 1. The molecule has 0 radical (unpaired) electrons. The Hall–Kier alpha value is -1.30. The van der Waals surface area contributed by atoms with Gasteiger partial charge in [-0.15, -0.1) is 0 Å². The van der Waals surface area contributed by atoms with Gasteiger partial charge in [0.1, 0.15) is 0 Å². The average molecular weight is 312 g/mol. The third kappa shape index (κ3) is 3.91. The van der Waals surface area contributed by atoms with Crippen LogP contribution in [0.3, 0.4) is 0 Å². The highest BCUT2D eigenvalue weighted by Gasteiger charge is 2.36. The summed E-state index contributed by atoms with van der Waals surface area (Å²) in [4.78, 5) is 25.2. The minimum absolute atomic E-state index is 0.0650. The van der Waals surface area contributed by atoms with Crippen LogP contribution in [-0.2, 0) is 4.79 Å². The van der Waals surface area contributed by atoms with Gasteiger partial charge in [-0.25, -0.2) is 4.79 Å². The second-order valence-corrected chi connectivity index (χ2v) is 6.87. The summed E-state index contributed by atoms with van der Waals surface area (Å²) in [6, 6.07) is 0.0138. The summed E-state index contributed by atoms with van der Waals surface area (Å²) in [5, 5.41) is 21.7. The third-order valence-corrected chi connectivity index (χ3v) is 5.44. The van der Waals surface area contributed by atoms with Crippen LogP contribution in [0.5, 0.6) is 0 Å². The van der Waals surface area contributed by atoms with E-state index >= 15 is 0 Å². The highest BCUT2D eigenvalue weighted by Crippen LogP contribution is 2.33. The molecule has 1 aliphatic heterocycles. The number of carboxylic acids is 1. The maximum atomic E-state index is 12.4. The van der Waals surface area contributed by atoms with Crippen LogP contribution in [0, 0.1) is 11.3 Å². The van der Waals surface area contributed by atoms with Crippen LogP contribution in [0.15, 0.2) is 0 Å². The highest BCUT2D eigenvalue weighted by molar-refractivity contribution is 5.75. The maximum absolute atomic E-state index is 12.4. The van der Waals surface area contributed by atoms with Crippen molar-refractivity contribution < 1.29 is 19.8 Å². The van der Waals surface area contributed by atoms with Crippen molar-refractivity contribution in [2.45, 2.75) is 57.9 Å². The second-order valence-electron chi connectivity index (χ2n) is 6.87. The van der Waals surface area contributed by atoms with Gasteiger partial charge in [-0.2, -0.15) is 0 Å². The van der Waals surface area contributed by atoms with Gasteiger partial charge in [0, 0.05) is 24.5 Å². The molecular formula is C16H28N2O4. The van der Waals surface area contributed by atoms with Crippen LogP contribution in [0.4, 0.5) is 4.79 Å². The molecule has 126 valence electrons. The molecule has 2 amide bonds. The normalized spacial score (nSPS) is 32.5.